The first-order valence-corrected chi connectivity index (χ1v) is 7.27. The standard InChI is InChI=1S/C15H16N2O3S/c1-10-12(9-14(19)20-2)21-15(16-10)17-13(18)8-11-6-4-3-5-7-11/h3-7H,8-9H2,1-2H3,(H,16,17,18). The lowest BCUT2D eigenvalue weighted by molar-refractivity contribution is -0.139. The van der Waals surface area contributed by atoms with Crippen LogP contribution in [0.15, 0.2) is 30.3 Å². The number of carbonyl (C=O) groups is 2. The van der Waals surface area contributed by atoms with Gasteiger partial charge >= 0.3 is 5.97 Å². The molecule has 0 aliphatic heterocycles. The number of aryl methyl sites for hydroxylation is 1. The largest absolute Gasteiger partial charge is 0.469 e. The van der Waals surface area contributed by atoms with Crippen molar-refractivity contribution in [2.75, 3.05) is 12.4 Å². The second-order valence-corrected chi connectivity index (χ2v) is 5.57. The Labute approximate surface area is 127 Å². The highest BCUT2D eigenvalue weighted by Crippen LogP contribution is 2.23. The molecule has 0 aliphatic rings. The number of carbonyl (C=O) groups excluding carboxylic acids is 2. The molecule has 110 valence electrons. The molecule has 0 saturated carbocycles. The van der Waals surface area contributed by atoms with Gasteiger partial charge in [0.25, 0.3) is 0 Å². The highest BCUT2D eigenvalue weighted by Gasteiger charge is 2.13. The smallest absolute Gasteiger partial charge is 0.310 e. The summed E-state index contributed by atoms with van der Waals surface area (Å²) in [5.74, 6) is -0.441. The second kappa shape index (κ2) is 6.99. The van der Waals surface area contributed by atoms with Gasteiger partial charge < -0.3 is 10.1 Å². The number of hydrogen-bond donors (Lipinski definition) is 1. The van der Waals surface area contributed by atoms with Crippen molar-refractivity contribution < 1.29 is 14.3 Å². The SMILES string of the molecule is COC(=O)Cc1sc(NC(=O)Cc2ccccc2)nc1C. The molecule has 0 saturated heterocycles. The summed E-state index contributed by atoms with van der Waals surface area (Å²) >= 11 is 1.30. The monoisotopic (exact) mass is 304 g/mol. The van der Waals surface area contributed by atoms with E-state index < -0.39 is 0 Å². The van der Waals surface area contributed by atoms with Crippen LogP contribution < -0.4 is 5.32 Å². The van der Waals surface area contributed by atoms with E-state index in [2.05, 4.69) is 15.0 Å². The zero-order valence-electron chi connectivity index (χ0n) is 11.9. The van der Waals surface area contributed by atoms with E-state index in [0.29, 0.717) is 11.6 Å². The molecular weight excluding hydrogens is 288 g/mol. The maximum absolute atomic E-state index is 11.9. The lowest BCUT2D eigenvalue weighted by Gasteiger charge is -2.01. The van der Waals surface area contributed by atoms with Gasteiger partial charge in [-0.25, -0.2) is 4.98 Å². The fourth-order valence-corrected chi connectivity index (χ4v) is 2.76. The number of aromatic nitrogens is 1. The normalized spacial score (nSPS) is 10.2. The molecule has 1 amide bonds. The van der Waals surface area contributed by atoms with Crippen LogP contribution in [0.3, 0.4) is 0 Å². The summed E-state index contributed by atoms with van der Waals surface area (Å²) < 4.78 is 4.63. The van der Waals surface area contributed by atoms with E-state index in [1.165, 1.54) is 18.4 Å². The van der Waals surface area contributed by atoms with Gasteiger partial charge in [-0.1, -0.05) is 30.3 Å². The van der Waals surface area contributed by atoms with Crippen molar-refractivity contribution >= 4 is 28.3 Å². The topological polar surface area (TPSA) is 68.3 Å². The van der Waals surface area contributed by atoms with Crippen LogP contribution in [-0.4, -0.2) is 24.0 Å². The van der Waals surface area contributed by atoms with Crippen LogP contribution in [0.25, 0.3) is 0 Å². The highest BCUT2D eigenvalue weighted by atomic mass is 32.1. The van der Waals surface area contributed by atoms with Crippen LogP contribution in [0.5, 0.6) is 0 Å². The van der Waals surface area contributed by atoms with Crippen LogP contribution in [-0.2, 0) is 27.2 Å². The molecule has 1 N–H and O–H groups in total. The molecule has 0 fully saturated rings. The predicted molar refractivity (Wildman–Crippen MR) is 81.3 cm³/mol. The van der Waals surface area contributed by atoms with Gasteiger partial charge in [0.05, 0.1) is 25.6 Å². The molecule has 1 aromatic heterocycles. The average Bonchev–Trinajstić information content (AvgIpc) is 2.79. The lowest BCUT2D eigenvalue weighted by Crippen LogP contribution is -2.14. The Morgan fingerprint density at radius 1 is 1.24 bits per heavy atom. The van der Waals surface area contributed by atoms with Gasteiger partial charge in [-0.3, -0.25) is 9.59 Å². The maximum Gasteiger partial charge on any atom is 0.310 e. The molecule has 2 aromatic rings. The third kappa shape index (κ3) is 4.39. The molecule has 2 rings (SSSR count). The molecule has 0 unspecified atom stereocenters. The van der Waals surface area contributed by atoms with E-state index in [1.807, 2.05) is 37.3 Å². The van der Waals surface area contributed by atoms with E-state index in [-0.39, 0.29) is 18.3 Å². The van der Waals surface area contributed by atoms with Gasteiger partial charge in [-0.15, -0.1) is 11.3 Å². The number of nitrogens with one attached hydrogen (secondary N) is 1. The van der Waals surface area contributed by atoms with E-state index >= 15 is 0 Å². The molecule has 0 atom stereocenters. The van der Waals surface area contributed by atoms with Crippen molar-refractivity contribution in [2.24, 2.45) is 0 Å². The van der Waals surface area contributed by atoms with Gasteiger partial charge in [0, 0.05) is 4.88 Å². The van der Waals surface area contributed by atoms with Crippen molar-refractivity contribution in [1.29, 1.82) is 0 Å². The molecule has 0 aliphatic carbocycles. The van der Waals surface area contributed by atoms with Crippen molar-refractivity contribution in [3.8, 4) is 0 Å². The minimum atomic E-state index is -0.316. The minimum absolute atomic E-state index is 0.125. The van der Waals surface area contributed by atoms with Gasteiger partial charge in [0.2, 0.25) is 5.91 Å². The number of benzene rings is 1. The average molecular weight is 304 g/mol. The first-order chi connectivity index (χ1) is 10.1. The predicted octanol–water partition coefficient (Wildman–Crippen LogP) is 2.35. The second-order valence-electron chi connectivity index (χ2n) is 4.49. The first kappa shape index (κ1) is 15.2. The van der Waals surface area contributed by atoms with Crippen molar-refractivity contribution in [3.05, 3.63) is 46.5 Å². The van der Waals surface area contributed by atoms with Crippen molar-refractivity contribution in [2.45, 2.75) is 19.8 Å². The van der Waals surface area contributed by atoms with E-state index in [4.69, 9.17) is 0 Å². The maximum atomic E-state index is 11.9. The van der Waals surface area contributed by atoms with Crippen molar-refractivity contribution in [3.63, 3.8) is 0 Å². The van der Waals surface area contributed by atoms with Gasteiger partial charge in [-0.2, -0.15) is 0 Å². The van der Waals surface area contributed by atoms with E-state index in [0.717, 1.165) is 16.1 Å². The first-order valence-electron chi connectivity index (χ1n) is 6.45. The summed E-state index contributed by atoms with van der Waals surface area (Å²) in [5, 5.41) is 3.27. The summed E-state index contributed by atoms with van der Waals surface area (Å²) in [6, 6.07) is 9.49. The number of esters is 1. The van der Waals surface area contributed by atoms with Gasteiger partial charge in [-0.05, 0) is 12.5 Å². The molecular formula is C15H16N2O3S. The number of thiazole rings is 1. The summed E-state index contributed by atoms with van der Waals surface area (Å²) in [6.45, 7) is 1.81. The number of amides is 1. The highest BCUT2D eigenvalue weighted by molar-refractivity contribution is 7.16. The van der Waals surface area contributed by atoms with Crippen LogP contribution in [0.2, 0.25) is 0 Å². The summed E-state index contributed by atoms with van der Waals surface area (Å²) in [4.78, 5) is 28.3. The fraction of sp³-hybridized carbons (Fsp3) is 0.267. The zero-order valence-corrected chi connectivity index (χ0v) is 12.7. The quantitative estimate of drug-likeness (QED) is 0.861. The van der Waals surface area contributed by atoms with Crippen LogP contribution >= 0.6 is 11.3 Å². The molecule has 5 nitrogen and oxygen atoms in total. The zero-order chi connectivity index (χ0) is 15.2. The number of ether oxygens (including phenoxy) is 1. The Morgan fingerprint density at radius 3 is 2.62 bits per heavy atom. The molecule has 0 spiro atoms. The number of nitrogens with zero attached hydrogens (tertiary/aromatic N) is 1. The summed E-state index contributed by atoms with van der Waals surface area (Å²) in [7, 11) is 1.35. The van der Waals surface area contributed by atoms with E-state index in [9.17, 15) is 9.59 Å². The third-order valence-corrected chi connectivity index (χ3v) is 3.95. The Balaban J connectivity index is 1.98. The number of anilines is 1. The van der Waals surface area contributed by atoms with Crippen LogP contribution in [0.1, 0.15) is 16.1 Å². The Morgan fingerprint density at radius 2 is 1.95 bits per heavy atom. The minimum Gasteiger partial charge on any atom is -0.469 e. The van der Waals surface area contributed by atoms with E-state index in [1.54, 1.807) is 0 Å². The fourth-order valence-electron chi connectivity index (χ4n) is 1.79. The number of rotatable bonds is 5. The molecule has 1 aromatic carbocycles. The summed E-state index contributed by atoms with van der Waals surface area (Å²) in [5.41, 5.74) is 1.68. The Kier molecular flexibility index (Phi) is 5.05. The molecule has 6 heteroatoms. The molecule has 21 heavy (non-hydrogen) atoms. The summed E-state index contributed by atoms with van der Waals surface area (Å²) in [6.07, 6.45) is 0.473. The molecule has 0 bridgehead atoms. The Hall–Kier alpha value is -2.21. The molecule has 0 radical (unpaired) electrons. The van der Waals surface area contributed by atoms with Gasteiger partial charge in [0.1, 0.15) is 0 Å². The third-order valence-electron chi connectivity index (χ3n) is 2.88. The van der Waals surface area contributed by atoms with Crippen molar-refractivity contribution in [1.82, 2.24) is 4.98 Å². The van der Waals surface area contributed by atoms with Gasteiger partial charge in [0.15, 0.2) is 5.13 Å². The molecule has 1 heterocycles. The van der Waals surface area contributed by atoms with Crippen LogP contribution in [0, 0.1) is 6.92 Å². The number of methoxy groups -OCH3 is 1. The van der Waals surface area contributed by atoms with Crippen LogP contribution in [0.4, 0.5) is 5.13 Å². The Bertz CT molecular complexity index is 638. The lowest BCUT2D eigenvalue weighted by atomic mass is 10.1. The number of hydrogen-bond acceptors (Lipinski definition) is 5.